The van der Waals surface area contributed by atoms with E-state index in [1.54, 1.807) is 0 Å². The summed E-state index contributed by atoms with van der Waals surface area (Å²) < 4.78 is 43.2. The second-order valence-electron chi connectivity index (χ2n) is 6.12. The van der Waals surface area contributed by atoms with Crippen molar-refractivity contribution in [1.82, 2.24) is 9.88 Å². The van der Waals surface area contributed by atoms with Gasteiger partial charge in [-0.25, -0.2) is 4.98 Å². The second kappa shape index (κ2) is 4.60. The van der Waals surface area contributed by atoms with Gasteiger partial charge in [0.05, 0.1) is 11.6 Å². The van der Waals surface area contributed by atoms with E-state index in [1.165, 1.54) is 6.07 Å². The van der Waals surface area contributed by atoms with Gasteiger partial charge >= 0.3 is 6.18 Å². The van der Waals surface area contributed by atoms with E-state index in [9.17, 15) is 13.2 Å². The lowest BCUT2D eigenvalue weighted by Crippen LogP contribution is -2.81. The van der Waals surface area contributed by atoms with E-state index in [1.807, 2.05) is 0 Å². The van der Waals surface area contributed by atoms with E-state index < -0.39 is 11.7 Å². The van der Waals surface area contributed by atoms with Crippen LogP contribution in [0, 0.1) is 5.41 Å². The molecule has 0 aromatic carbocycles. The van der Waals surface area contributed by atoms with Crippen LogP contribution in [0.4, 0.5) is 13.2 Å². The minimum Gasteiger partial charge on any atom is -0.473 e. The minimum absolute atomic E-state index is 0.0235. The molecule has 3 nitrogen and oxygen atoms in total. The monoisotopic (exact) mass is 300 g/mol. The van der Waals surface area contributed by atoms with Gasteiger partial charge in [-0.05, 0) is 32.9 Å². The highest BCUT2D eigenvalue weighted by molar-refractivity contribution is 5.24. The molecule has 0 N–H and O–H groups in total. The number of aromatic nitrogens is 1. The van der Waals surface area contributed by atoms with Gasteiger partial charge < -0.3 is 4.74 Å². The summed E-state index contributed by atoms with van der Waals surface area (Å²) in [4.78, 5) is 6.06. The third-order valence-corrected chi connectivity index (χ3v) is 5.40. The average molecular weight is 300 g/mol. The number of nitrogens with zero attached hydrogens (tertiary/aromatic N) is 2. The SMILES string of the molecule is CCC12CC(Oc3ccc(C(F)(F)F)cn3)C1N(C)C2C. The summed E-state index contributed by atoms with van der Waals surface area (Å²) in [5.74, 6) is 0.269. The van der Waals surface area contributed by atoms with Gasteiger partial charge in [-0.2, -0.15) is 13.2 Å². The fourth-order valence-corrected chi connectivity index (χ4v) is 3.99. The van der Waals surface area contributed by atoms with Crippen molar-refractivity contribution in [3.05, 3.63) is 23.9 Å². The molecule has 1 saturated heterocycles. The summed E-state index contributed by atoms with van der Waals surface area (Å²) in [7, 11) is 2.07. The highest BCUT2D eigenvalue weighted by Crippen LogP contribution is 2.59. The summed E-state index contributed by atoms with van der Waals surface area (Å²) in [6.45, 7) is 4.40. The first kappa shape index (κ1) is 14.6. The zero-order valence-electron chi connectivity index (χ0n) is 12.3. The Balaban J connectivity index is 1.67. The Labute approximate surface area is 122 Å². The van der Waals surface area contributed by atoms with Crippen LogP contribution < -0.4 is 4.74 Å². The van der Waals surface area contributed by atoms with E-state index in [2.05, 4.69) is 30.8 Å². The Morgan fingerprint density at radius 1 is 1.43 bits per heavy atom. The first-order valence-corrected chi connectivity index (χ1v) is 7.21. The smallest absolute Gasteiger partial charge is 0.417 e. The molecule has 4 atom stereocenters. The molecule has 2 fully saturated rings. The second-order valence-corrected chi connectivity index (χ2v) is 6.12. The van der Waals surface area contributed by atoms with Crippen molar-refractivity contribution < 1.29 is 17.9 Å². The van der Waals surface area contributed by atoms with E-state index in [0.29, 0.717) is 17.5 Å². The Morgan fingerprint density at radius 2 is 2.14 bits per heavy atom. The quantitative estimate of drug-likeness (QED) is 0.856. The lowest BCUT2D eigenvalue weighted by molar-refractivity contribution is -0.243. The standard InChI is InChI=1S/C15H19F3N2O/c1-4-14-7-11(13(14)20(3)9(14)2)21-12-6-5-10(8-19-12)15(16,17)18/h5-6,8-9,11,13H,4,7H2,1-3H3. The first-order chi connectivity index (χ1) is 9.79. The van der Waals surface area contributed by atoms with Crippen molar-refractivity contribution in [2.24, 2.45) is 5.41 Å². The van der Waals surface area contributed by atoms with Crippen LogP contribution >= 0.6 is 0 Å². The third-order valence-electron chi connectivity index (χ3n) is 5.40. The molecule has 2 heterocycles. The minimum atomic E-state index is -4.36. The Kier molecular flexibility index (Phi) is 3.20. The zero-order valence-corrected chi connectivity index (χ0v) is 12.3. The number of halogens is 3. The average Bonchev–Trinajstić information content (AvgIpc) is 2.41. The molecule has 3 rings (SSSR count). The number of pyridine rings is 1. The van der Waals surface area contributed by atoms with Gasteiger partial charge in [-0.3, -0.25) is 4.90 Å². The summed E-state index contributed by atoms with van der Waals surface area (Å²) in [5, 5.41) is 0. The maximum atomic E-state index is 12.5. The predicted octanol–water partition coefficient (Wildman–Crippen LogP) is 3.35. The van der Waals surface area contributed by atoms with Crippen molar-refractivity contribution in [2.45, 2.75) is 51.1 Å². The topological polar surface area (TPSA) is 25.4 Å². The zero-order chi connectivity index (χ0) is 15.4. The summed E-state index contributed by atoms with van der Waals surface area (Å²) in [5.41, 5.74) is -0.438. The maximum absolute atomic E-state index is 12.5. The first-order valence-electron chi connectivity index (χ1n) is 7.21. The third kappa shape index (κ3) is 2.03. The van der Waals surface area contributed by atoms with Crippen LogP contribution in [0.25, 0.3) is 0 Å². The molecule has 0 amide bonds. The molecule has 0 bridgehead atoms. The predicted molar refractivity (Wildman–Crippen MR) is 72.0 cm³/mol. The molecule has 1 aromatic rings. The Bertz CT molecular complexity index is 531. The van der Waals surface area contributed by atoms with Gasteiger partial charge in [0.1, 0.15) is 6.10 Å². The molecule has 0 radical (unpaired) electrons. The highest BCUT2D eigenvalue weighted by atomic mass is 19.4. The number of likely N-dealkylation sites (tertiary alicyclic amines) is 1. The fourth-order valence-electron chi connectivity index (χ4n) is 3.99. The maximum Gasteiger partial charge on any atom is 0.417 e. The van der Waals surface area contributed by atoms with Crippen molar-refractivity contribution >= 4 is 0 Å². The van der Waals surface area contributed by atoms with Crippen molar-refractivity contribution in [3.8, 4) is 5.88 Å². The normalized spacial score (nSPS) is 35.6. The van der Waals surface area contributed by atoms with Gasteiger partial charge in [0.25, 0.3) is 0 Å². The molecule has 1 aromatic heterocycles. The number of rotatable bonds is 3. The van der Waals surface area contributed by atoms with Crippen LogP contribution in [0.2, 0.25) is 0 Å². The molecule has 1 aliphatic heterocycles. The van der Waals surface area contributed by atoms with Gasteiger partial charge in [0.15, 0.2) is 0 Å². The highest BCUT2D eigenvalue weighted by Gasteiger charge is 2.67. The van der Waals surface area contributed by atoms with Gasteiger partial charge in [0, 0.05) is 23.7 Å². The molecule has 21 heavy (non-hydrogen) atoms. The van der Waals surface area contributed by atoms with Gasteiger partial charge in [0.2, 0.25) is 5.88 Å². The molecular weight excluding hydrogens is 281 g/mol. The van der Waals surface area contributed by atoms with E-state index >= 15 is 0 Å². The summed E-state index contributed by atoms with van der Waals surface area (Å²) in [6.07, 6.45) is -1.46. The largest absolute Gasteiger partial charge is 0.473 e. The molecule has 1 aliphatic carbocycles. The lowest BCUT2D eigenvalue weighted by atomic mass is 9.50. The van der Waals surface area contributed by atoms with E-state index in [0.717, 1.165) is 25.1 Å². The van der Waals surface area contributed by atoms with Gasteiger partial charge in [-0.15, -0.1) is 0 Å². The van der Waals surface area contributed by atoms with Crippen LogP contribution in [0.3, 0.4) is 0 Å². The number of fused-ring (bicyclic) bond motifs is 1. The number of hydrogen-bond acceptors (Lipinski definition) is 3. The molecule has 6 heteroatoms. The number of hydrogen-bond donors (Lipinski definition) is 0. The summed E-state index contributed by atoms with van der Waals surface area (Å²) in [6, 6.07) is 3.20. The summed E-state index contributed by atoms with van der Waals surface area (Å²) >= 11 is 0. The Morgan fingerprint density at radius 3 is 2.67 bits per heavy atom. The van der Waals surface area contributed by atoms with Crippen molar-refractivity contribution in [1.29, 1.82) is 0 Å². The Hall–Kier alpha value is -1.30. The van der Waals surface area contributed by atoms with Crippen LogP contribution in [-0.2, 0) is 6.18 Å². The molecule has 1 saturated carbocycles. The van der Waals surface area contributed by atoms with Crippen LogP contribution in [0.1, 0.15) is 32.3 Å². The van der Waals surface area contributed by atoms with Crippen molar-refractivity contribution in [2.75, 3.05) is 7.05 Å². The van der Waals surface area contributed by atoms with E-state index in [-0.39, 0.29) is 12.0 Å². The van der Waals surface area contributed by atoms with Crippen LogP contribution in [0.15, 0.2) is 18.3 Å². The molecule has 0 spiro atoms. The fraction of sp³-hybridized carbons (Fsp3) is 0.667. The number of likely N-dealkylation sites (N-methyl/N-ethyl adjacent to an activating group) is 1. The number of piperidine rings is 1. The van der Waals surface area contributed by atoms with Crippen LogP contribution in [-0.4, -0.2) is 35.1 Å². The van der Waals surface area contributed by atoms with Crippen molar-refractivity contribution in [3.63, 3.8) is 0 Å². The van der Waals surface area contributed by atoms with Crippen LogP contribution in [0.5, 0.6) is 5.88 Å². The number of ether oxygens (including phenoxy) is 1. The molecule has 4 unspecified atom stereocenters. The van der Waals surface area contributed by atoms with Gasteiger partial charge in [-0.1, -0.05) is 6.92 Å². The van der Waals surface area contributed by atoms with E-state index in [4.69, 9.17) is 4.74 Å². The number of alkyl halides is 3. The lowest BCUT2D eigenvalue weighted by Gasteiger charge is -2.71. The molecule has 116 valence electrons. The molecular formula is C15H19F3N2O. The molecule has 2 aliphatic rings.